The van der Waals surface area contributed by atoms with Crippen LogP contribution in [0.5, 0.6) is 0 Å². The van der Waals surface area contributed by atoms with Crippen molar-refractivity contribution in [3.8, 4) is 0 Å². The second-order valence-electron chi connectivity index (χ2n) is 5.25. The highest BCUT2D eigenvalue weighted by atomic mass is 14.9. The predicted octanol–water partition coefficient (Wildman–Crippen LogP) is 4.62. The van der Waals surface area contributed by atoms with E-state index in [0.717, 1.165) is 19.3 Å². The molecule has 1 N–H and O–H groups in total. The third-order valence-electron chi connectivity index (χ3n) is 3.03. The molecule has 98 valence electrons. The summed E-state index contributed by atoms with van der Waals surface area (Å²) in [6.07, 6.45) is 4.46. The summed E-state index contributed by atoms with van der Waals surface area (Å²) in [5, 5.41) is 3.67. The zero-order chi connectivity index (χ0) is 13.4. The smallest absolute Gasteiger partial charge is 0.0282 e. The van der Waals surface area contributed by atoms with Crippen molar-refractivity contribution in [1.82, 2.24) is 5.32 Å². The number of hydrogen-bond acceptors (Lipinski definition) is 1. The largest absolute Gasteiger partial charge is 0.304 e. The normalized spacial score (nSPS) is 14.1. The van der Waals surface area contributed by atoms with Crippen molar-refractivity contribution in [3.05, 3.63) is 36.5 Å². The summed E-state index contributed by atoms with van der Waals surface area (Å²) in [7, 11) is 0. The Morgan fingerprint density at radius 1 is 0.941 bits per heavy atom. The van der Waals surface area contributed by atoms with Crippen LogP contribution in [-0.2, 0) is 0 Å². The lowest BCUT2D eigenvalue weighted by atomic mass is 9.98. The van der Waals surface area contributed by atoms with Crippen LogP contribution in [0.4, 0.5) is 0 Å². The van der Waals surface area contributed by atoms with Crippen LogP contribution >= 0.6 is 0 Å². The number of allylic oxidation sites excluding steroid dienone is 1. The molecule has 0 aliphatic heterocycles. The summed E-state index contributed by atoms with van der Waals surface area (Å²) in [4.78, 5) is 0. The van der Waals surface area contributed by atoms with Crippen molar-refractivity contribution in [2.45, 2.75) is 65.5 Å². The van der Waals surface area contributed by atoms with E-state index in [0.29, 0.717) is 12.1 Å². The Hall–Kier alpha value is -0.820. The second-order valence-corrected chi connectivity index (χ2v) is 5.25. The van der Waals surface area contributed by atoms with Gasteiger partial charge in [0.2, 0.25) is 0 Å². The lowest BCUT2D eigenvalue weighted by Crippen LogP contribution is -2.39. The van der Waals surface area contributed by atoms with E-state index >= 15 is 0 Å². The Morgan fingerprint density at radius 3 is 1.76 bits per heavy atom. The predicted molar refractivity (Wildman–Crippen MR) is 79.3 cm³/mol. The minimum atomic E-state index is 0.375. The van der Waals surface area contributed by atoms with Crippen molar-refractivity contribution in [1.29, 1.82) is 0 Å². The van der Waals surface area contributed by atoms with Gasteiger partial charge in [0.1, 0.15) is 0 Å². The van der Waals surface area contributed by atoms with Crippen molar-refractivity contribution in [2.24, 2.45) is 0 Å². The standard InChI is InChI=1S/C16H29N/c1-8-9-15(13(4)5)17-16(14(6)7)11-10-12(2)3/h15-17H,2,4,6,8-11H2,1,3,5,7H3. The molecule has 0 spiro atoms. The maximum atomic E-state index is 4.08. The lowest BCUT2D eigenvalue weighted by molar-refractivity contribution is 0.453. The first-order valence-electron chi connectivity index (χ1n) is 6.59. The van der Waals surface area contributed by atoms with Crippen LogP contribution in [0.15, 0.2) is 36.5 Å². The van der Waals surface area contributed by atoms with Crippen LogP contribution in [0.2, 0.25) is 0 Å². The molecular formula is C16H29N. The van der Waals surface area contributed by atoms with Crippen molar-refractivity contribution in [2.75, 3.05) is 0 Å². The lowest BCUT2D eigenvalue weighted by Gasteiger charge is -2.26. The zero-order valence-corrected chi connectivity index (χ0v) is 12.1. The molecular weight excluding hydrogens is 206 g/mol. The first-order chi connectivity index (χ1) is 7.88. The number of rotatable bonds is 9. The van der Waals surface area contributed by atoms with Gasteiger partial charge in [0.05, 0.1) is 0 Å². The fraction of sp³-hybridized carbons (Fsp3) is 0.625. The van der Waals surface area contributed by atoms with E-state index in [1.54, 1.807) is 0 Å². The van der Waals surface area contributed by atoms with Gasteiger partial charge >= 0.3 is 0 Å². The summed E-state index contributed by atoms with van der Waals surface area (Å²) in [6, 6.07) is 0.784. The van der Waals surface area contributed by atoms with Gasteiger partial charge in [-0.15, -0.1) is 6.58 Å². The van der Waals surface area contributed by atoms with E-state index in [1.807, 2.05) is 0 Å². The molecule has 2 unspecified atom stereocenters. The average molecular weight is 235 g/mol. The third-order valence-corrected chi connectivity index (χ3v) is 3.03. The van der Waals surface area contributed by atoms with E-state index < -0.39 is 0 Å². The molecule has 0 saturated heterocycles. The van der Waals surface area contributed by atoms with Gasteiger partial charge in [0.25, 0.3) is 0 Å². The quantitative estimate of drug-likeness (QED) is 0.575. The summed E-state index contributed by atoms with van der Waals surface area (Å²) in [5.41, 5.74) is 3.66. The summed E-state index contributed by atoms with van der Waals surface area (Å²) < 4.78 is 0. The van der Waals surface area contributed by atoms with Crippen molar-refractivity contribution in [3.63, 3.8) is 0 Å². The molecule has 0 aromatic heterocycles. The van der Waals surface area contributed by atoms with Crippen LogP contribution < -0.4 is 5.32 Å². The average Bonchev–Trinajstić information content (AvgIpc) is 2.21. The highest BCUT2D eigenvalue weighted by Crippen LogP contribution is 2.15. The Morgan fingerprint density at radius 2 is 1.41 bits per heavy atom. The van der Waals surface area contributed by atoms with Crippen LogP contribution in [0.25, 0.3) is 0 Å². The minimum Gasteiger partial charge on any atom is -0.304 e. The summed E-state index contributed by atoms with van der Waals surface area (Å²) in [5.74, 6) is 0. The van der Waals surface area contributed by atoms with E-state index in [4.69, 9.17) is 0 Å². The van der Waals surface area contributed by atoms with Gasteiger partial charge in [0.15, 0.2) is 0 Å². The van der Waals surface area contributed by atoms with Gasteiger partial charge in [-0.1, -0.05) is 43.2 Å². The molecule has 0 rings (SSSR count). The van der Waals surface area contributed by atoms with Gasteiger partial charge in [-0.3, -0.25) is 0 Å². The van der Waals surface area contributed by atoms with Gasteiger partial charge in [-0.25, -0.2) is 0 Å². The molecule has 0 bridgehead atoms. The topological polar surface area (TPSA) is 12.0 Å². The molecule has 0 aliphatic carbocycles. The van der Waals surface area contributed by atoms with Crippen LogP contribution in [-0.4, -0.2) is 12.1 Å². The molecule has 2 atom stereocenters. The second kappa shape index (κ2) is 8.30. The SMILES string of the molecule is C=C(C)CCC(NC(CCC)C(=C)C)C(=C)C. The highest BCUT2D eigenvalue weighted by Gasteiger charge is 2.15. The molecule has 0 aliphatic rings. The highest BCUT2D eigenvalue weighted by molar-refractivity contribution is 5.09. The van der Waals surface area contributed by atoms with E-state index in [2.05, 4.69) is 52.7 Å². The molecule has 0 aromatic rings. The summed E-state index contributed by atoms with van der Waals surface area (Å²) in [6.45, 7) is 20.6. The van der Waals surface area contributed by atoms with Gasteiger partial charge in [-0.2, -0.15) is 0 Å². The molecule has 1 nitrogen and oxygen atoms in total. The molecule has 0 aromatic carbocycles. The molecule has 0 amide bonds. The summed E-state index contributed by atoms with van der Waals surface area (Å²) >= 11 is 0. The molecule has 0 radical (unpaired) electrons. The molecule has 0 saturated carbocycles. The molecule has 17 heavy (non-hydrogen) atoms. The van der Waals surface area contributed by atoms with Crippen molar-refractivity contribution >= 4 is 0 Å². The molecule has 0 heterocycles. The van der Waals surface area contributed by atoms with E-state index in [-0.39, 0.29) is 0 Å². The Balaban J connectivity index is 4.44. The zero-order valence-electron chi connectivity index (χ0n) is 12.1. The van der Waals surface area contributed by atoms with Gasteiger partial charge in [-0.05, 0) is 40.0 Å². The molecule has 1 heteroatoms. The van der Waals surface area contributed by atoms with E-state index in [9.17, 15) is 0 Å². The maximum absolute atomic E-state index is 4.08. The van der Waals surface area contributed by atoms with Crippen molar-refractivity contribution < 1.29 is 0 Å². The minimum absolute atomic E-state index is 0.375. The third kappa shape index (κ3) is 7.17. The van der Waals surface area contributed by atoms with Crippen LogP contribution in [0.3, 0.4) is 0 Å². The first kappa shape index (κ1) is 16.2. The maximum Gasteiger partial charge on any atom is 0.0282 e. The Bertz CT molecular complexity index is 275. The van der Waals surface area contributed by atoms with Crippen LogP contribution in [0, 0.1) is 0 Å². The first-order valence-corrected chi connectivity index (χ1v) is 6.59. The monoisotopic (exact) mass is 235 g/mol. The fourth-order valence-electron chi connectivity index (χ4n) is 1.87. The Labute approximate surface area is 108 Å². The number of nitrogens with one attached hydrogen (secondary N) is 1. The number of hydrogen-bond donors (Lipinski definition) is 1. The molecule has 0 fully saturated rings. The fourth-order valence-corrected chi connectivity index (χ4v) is 1.87. The van der Waals surface area contributed by atoms with Gasteiger partial charge in [0, 0.05) is 12.1 Å². The van der Waals surface area contributed by atoms with Gasteiger partial charge < -0.3 is 5.32 Å². The Kier molecular flexibility index (Phi) is 7.90. The van der Waals surface area contributed by atoms with Crippen LogP contribution in [0.1, 0.15) is 53.4 Å². The van der Waals surface area contributed by atoms with E-state index in [1.165, 1.54) is 23.1 Å².